The maximum atomic E-state index is 11.6. The van der Waals surface area contributed by atoms with Crippen LogP contribution in [0.3, 0.4) is 0 Å². The van der Waals surface area contributed by atoms with Gasteiger partial charge in [-0.1, -0.05) is 0 Å². The molecule has 2 N–H and O–H groups in total. The molecule has 0 amide bonds. The molecule has 0 aromatic rings. The quantitative estimate of drug-likeness (QED) is 0.512. The number of esters is 1. The fourth-order valence-electron chi connectivity index (χ4n) is 1.30. The van der Waals surface area contributed by atoms with Crippen molar-refractivity contribution >= 4 is 16.0 Å². The molecule has 0 aromatic carbocycles. The maximum Gasteiger partial charge on any atom is 0.306 e. The number of hydrogen-bond acceptors (Lipinski definition) is 6. The number of nitrogens with one attached hydrogen (secondary N) is 1. The second kappa shape index (κ2) is 9.26. The Morgan fingerprint density at radius 1 is 1.44 bits per heavy atom. The van der Waals surface area contributed by atoms with Gasteiger partial charge in [0.2, 0.25) is 10.0 Å². The van der Waals surface area contributed by atoms with E-state index in [0.29, 0.717) is 0 Å². The Bertz CT molecular complexity index is 323. The molecule has 8 heteroatoms. The fraction of sp³-hybridized carbons (Fsp3) is 0.900. The van der Waals surface area contributed by atoms with E-state index in [4.69, 9.17) is 9.84 Å². The van der Waals surface area contributed by atoms with E-state index in [0.717, 1.165) is 0 Å². The van der Waals surface area contributed by atoms with Gasteiger partial charge in [0.05, 0.1) is 25.4 Å². The number of rotatable bonds is 10. The molecule has 0 spiro atoms. The Hall–Kier alpha value is -0.700. The first-order chi connectivity index (χ1) is 8.45. The molecule has 0 rings (SSSR count). The SMILES string of the molecule is CCOC(=O)CCS(=O)(=O)NC(CCO)COC. The predicted octanol–water partition coefficient (Wildman–Crippen LogP) is -0.744. The van der Waals surface area contributed by atoms with E-state index < -0.39 is 22.0 Å². The third-order valence-electron chi connectivity index (χ3n) is 2.07. The van der Waals surface area contributed by atoms with Crippen LogP contribution in [0.25, 0.3) is 0 Å². The molecule has 0 fully saturated rings. The van der Waals surface area contributed by atoms with Gasteiger partial charge in [0.25, 0.3) is 0 Å². The zero-order valence-electron chi connectivity index (χ0n) is 10.7. The second-order valence-electron chi connectivity index (χ2n) is 3.66. The number of aliphatic hydroxyl groups is 1. The molecule has 0 aromatic heterocycles. The molecule has 108 valence electrons. The van der Waals surface area contributed by atoms with Gasteiger partial charge in [0.1, 0.15) is 0 Å². The minimum Gasteiger partial charge on any atom is -0.466 e. The smallest absolute Gasteiger partial charge is 0.306 e. The summed E-state index contributed by atoms with van der Waals surface area (Å²) in [7, 11) is -2.14. The number of carbonyl (C=O) groups excluding carboxylic acids is 1. The highest BCUT2D eigenvalue weighted by atomic mass is 32.2. The minimum atomic E-state index is -3.58. The summed E-state index contributed by atoms with van der Waals surface area (Å²) >= 11 is 0. The molecule has 0 heterocycles. The molecule has 0 bridgehead atoms. The molecule has 0 saturated carbocycles. The van der Waals surface area contributed by atoms with Gasteiger partial charge in [-0.3, -0.25) is 4.79 Å². The van der Waals surface area contributed by atoms with Gasteiger partial charge in [-0.15, -0.1) is 0 Å². The third kappa shape index (κ3) is 8.40. The number of sulfonamides is 1. The van der Waals surface area contributed by atoms with Crippen LogP contribution in [0, 0.1) is 0 Å². The Morgan fingerprint density at radius 3 is 2.61 bits per heavy atom. The lowest BCUT2D eigenvalue weighted by Crippen LogP contribution is -2.40. The van der Waals surface area contributed by atoms with Crippen LogP contribution in [-0.2, 0) is 24.3 Å². The van der Waals surface area contributed by atoms with E-state index in [1.165, 1.54) is 7.11 Å². The molecule has 18 heavy (non-hydrogen) atoms. The van der Waals surface area contributed by atoms with Crippen LogP contribution in [0.1, 0.15) is 19.8 Å². The van der Waals surface area contributed by atoms with Crippen molar-refractivity contribution in [1.29, 1.82) is 0 Å². The van der Waals surface area contributed by atoms with Crippen molar-refractivity contribution in [3.63, 3.8) is 0 Å². The van der Waals surface area contributed by atoms with Crippen molar-refractivity contribution in [1.82, 2.24) is 4.72 Å². The van der Waals surface area contributed by atoms with Gasteiger partial charge in [-0.05, 0) is 13.3 Å². The van der Waals surface area contributed by atoms with Crippen molar-refractivity contribution in [2.45, 2.75) is 25.8 Å². The van der Waals surface area contributed by atoms with Gasteiger partial charge in [-0.25, -0.2) is 13.1 Å². The van der Waals surface area contributed by atoms with Gasteiger partial charge >= 0.3 is 5.97 Å². The van der Waals surface area contributed by atoms with Crippen LogP contribution >= 0.6 is 0 Å². The first kappa shape index (κ1) is 17.3. The molecule has 1 atom stereocenters. The first-order valence-corrected chi connectivity index (χ1v) is 7.35. The van der Waals surface area contributed by atoms with Gasteiger partial charge in [-0.2, -0.15) is 0 Å². The molecule has 7 nitrogen and oxygen atoms in total. The summed E-state index contributed by atoms with van der Waals surface area (Å²) in [4.78, 5) is 11.0. The van der Waals surface area contributed by atoms with E-state index in [9.17, 15) is 13.2 Å². The summed E-state index contributed by atoms with van der Waals surface area (Å²) in [6.45, 7) is 1.90. The van der Waals surface area contributed by atoms with Crippen LogP contribution in [-0.4, -0.2) is 58.2 Å². The maximum absolute atomic E-state index is 11.6. The average Bonchev–Trinajstić information content (AvgIpc) is 2.27. The van der Waals surface area contributed by atoms with Gasteiger partial charge in [0, 0.05) is 19.8 Å². The predicted molar refractivity (Wildman–Crippen MR) is 65.5 cm³/mol. The third-order valence-corrected chi connectivity index (χ3v) is 3.51. The van der Waals surface area contributed by atoms with E-state index >= 15 is 0 Å². The molecule has 0 aliphatic carbocycles. The lowest BCUT2D eigenvalue weighted by molar-refractivity contribution is -0.142. The van der Waals surface area contributed by atoms with Crippen molar-refractivity contribution in [2.24, 2.45) is 0 Å². The average molecular weight is 283 g/mol. The summed E-state index contributed by atoms with van der Waals surface area (Å²) in [5, 5.41) is 8.78. The van der Waals surface area contributed by atoms with Crippen molar-refractivity contribution < 1.29 is 27.8 Å². The molecule has 0 aliphatic rings. The number of methoxy groups -OCH3 is 1. The topological polar surface area (TPSA) is 102 Å². The summed E-state index contributed by atoms with van der Waals surface area (Å²) < 4.78 is 35.1. The highest BCUT2D eigenvalue weighted by Crippen LogP contribution is 1.99. The monoisotopic (exact) mass is 283 g/mol. The Morgan fingerprint density at radius 2 is 2.11 bits per heavy atom. The Labute approximate surface area is 108 Å². The molecule has 1 unspecified atom stereocenters. The number of hydrogen-bond donors (Lipinski definition) is 2. The Kier molecular flexibility index (Phi) is 8.90. The fourth-order valence-corrected chi connectivity index (χ4v) is 2.54. The van der Waals surface area contributed by atoms with E-state index in [1.54, 1.807) is 6.92 Å². The van der Waals surface area contributed by atoms with E-state index in [-0.39, 0.29) is 38.4 Å². The number of carbonyl (C=O) groups is 1. The molecule has 0 aliphatic heterocycles. The highest BCUT2D eigenvalue weighted by molar-refractivity contribution is 7.89. The Balaban J connectivity index is 4.22. The van der Waals surface area contributed by atoms with Crippen LogP contribution in [0.2, 0.25) is 0 Å². The lowest BCUT2D eigenvalue weighted by atomic mass is 10.2. The van der Waals surface area contributed by atoms with E-state index in [1.807, 2.05) is 0 Å². The highest BCUT2D eigenvalue weighted by Gasteiger charge is 2.19. The molecular formula is C10H21NO6S. The van der Waals surface area contributed by atoms with Crippen molar-refractivity contribution in [3.05, 3.63) is 0 Å². The van der Waals surface area contributed by atoms with Gasteiger partial charge < -0.3 is 14.6 Å². The van der Waals surface area contributed by atoms with Crippen LogP contribution in [0.5, 0.6) is 0 Å². The van der Waals surface area contributed by atoms with Crippen LogP contribution < -0.4 is 4.72 Å². The van der Waals surface area contributed by atoms with Crippen molar-refractivity contribution in [3.8, 4) is 0 Å². The molecule has 0 saturated heterocycles. The summed E-state index contributed by atoms with van der Waals surface area (Å²) in [6.07, 6.45) is 0.0640. The van der Waals surface area contributed by atoms with Crippen LogP contribution in [0.15, 0.2) is 0 Å². The van der Waals surface area contributed by atoms with Crippen molar-refractivity contribution in [2.75, 3.05) is 32.7 Å². The van der Waals surface area contributed by atoms with E-state index in [2.05, 4.69) is 9.46 Å². The van der Waals surface area contributed by atoms with Crippen LogP contribution in [0.4, 0.5) is 0 Å². The summed E-state index contributed by atoms with van der Waals surface area (Å²) in [5.74, 6) is -0.884. The zero-order valence-corrected chi connectivity index (χ0v) is 11.5. The zero-order chi connectivity index (χ0) is 14.0. The normalized spacial score (nSPS) is 13.3. The standard InChI is InChI=1S/C10H21NO6S/c1-3-17-10(13)5-7-18(14,15)11-9(4-6-12)8-16-2/h9,11-12H,3-8H2,1-2H3. The number of ether oxygens (including phenoxy) is 2. The summed E-state index contributed by atoms with van der Waals surface area (Å²) in [5.41, 5.74) is 0. The molecule has 0 radical (unpaired) electrons. The first-order valence-electron chi connectivity index (χ1n) is 5.70. The number of aliphatic hydroxyl groups excluding tert-OH is 1. The minimum absolute atomic E-state index is 0.144. The largest absolute Gasteiger partial charge is 0.466 e. The summed E-state index contributed by atoms with van der Waals surface area (Å²) in [6, 6.07) is -0.493. The van der Waals surface area contributed by atoms with Gasteiger partial charge in [0.15, 0.2) is 0 Å². The molecular weight excluding hydrogens is 262 g/mol. The second-order valence-corrected chi connectivity index (χ2v) is 5.53. The lowest BCUT2D eigenvalue weighted by Gasteiger charge is -2.16.